The van der Waals surface area contributed by atoms with Crippen molar-refractivity contribution in [1.29, 1.82) is 0 Å². The normalized spacial score (nSPS) is 26.6. The molecule has 4 heteroatoms. The predicted molar refractivity (Wildman–Crippen MR) is 87.6 cm³/mol. The summed E-state index contributed by atoms with van der Waals surface area (Å²) in [4.78, 5) is 0. The fourth-order valence-electron chi connectivity index (χ4n) is 4.59. The summed E-state index contributed by atoms with van der Waals surface area (Å²) in [5.74, 6) is 0. The highest BCUT2D eigenvalue weighted by molar-refractivity contribution is 6.79. The van der Waals surface area contributed by atoms with Crippen LogP contribution in [0.1, 0.15) is 51.9 Å². The Morgan fingerprint density at radius 1 is 0.750 bits per heavy atom. The Morgan fingerprint density at radius 3 is 1.30 bits per heavy atom. The van der Waals surface area contributed by atoms with Crippen molar-refractivity contribution in [2.75, 3.05) is 39.3 Å². The molecule has 20 heavy (non-hydrogen) atoms. The molecule has 3 aliphatic rings. The minimum absolute atomic E-state index is 1.16. The third-order valence-electron chi connectivity index (χ3n) is 5.54. The summed E-state index contributed by atoms with van der Waals surface area (Å²) >= 11 is 0. The zero-order valence-corrected chi connectivity index (χ0v) is 14.2. The molecule has 0 amide bonds. The monoisotopic (exact) mass is 293 g/mol. The first-order valence-electron chi connectivity index (χ1n) is 8.73. The second kappa shape index (κ2) is 6.30. The average Bonchev–Trinajstić information content (AvgIpc) is 3.23. The van der Waals surface area contributed by atoms with Crippen molar-refractivity contribution < 1.29 is 0 Å². The first kappa shape index (κ1) is 14.8. The Hall–Kier alpha value is -0.163. The minimum atomic E-state index is -1.79. The van der Waals surface area contributed by atoms with Gasteiger partial charge < -0.3 is 0 Å². The lowest BCUT2D eigenvalue weighted by molar-refractivity contribution is 0.308. The van der Waals surface area contributed by atoms with Gasteiger partial charge in [-0.1, -0.05) is 13.5 Å². The molecule has 0 radical (unpaired) electrons. The van der Waals surface area contributed by atoms with Gasteiger partial charge in [0.25, 0.3) is 0 Å². The van der Waals surface area contributed by atoms with Gasteiger partial charge in [0.2, 0.25) is 0 Å². The third-order valence-corrected chi connectivity index (χ3v) is 10.8. The van der Waals surface area contributed by atoms with Gasteiger partial charge in [0, 0.05) is 0 Å². The molecule has 3 fully saturated rings. The van der Waals surface area contributed by atoms with Crippen LogP contribution in [0.5, 0.6) is 0 Å². The zero-order valence-electron chi connectivity index (χ0n) is 13.2. The van der Waals surface area contributed by atoms with Crippen LogP contribution < -0.4 is 0 Å². The largest absolute Gasteiger partial charge is 0.318 e. The van der Waals surface area contributed by atoms with Crippen molar-refractivity contribution in [3.8, 4) is 0 Å². The fourth-order valence-corrected chi connectivity index (χ4v) is 10.4. The summed E-state index contributed by atoms with van der Waals surface area (Å²) in [5.41, 5.74) is 0. The van der Waals surface area contributed by atoms with Crippen LogP contribution in [0.2, 0.25) is 0 Å². The summed E-state index contributed by atoms with van der Waals surface area (Å²) < 4.78 is 8.69. The molecular weight excluding hydrogens is 262 g/mol. The molecule has 3 nitrogen and oxygen atoms in total. The molecule has 0 spiro atoms. The first-order chi connectivity index (χ1) is 9.80. The maximum Gasteiger partial charge on any atom is 0.318 e. The van der Waals surface area contributed by atoms with E-state index in [0.29, 0.717) is 0 Å². The van der Waals surface area contributed by atoms with Crippen LogP contribution in [-0.4, -0.2) is 61.5 Å². The van der Waals surface area contributed by atoms with E-state index >= 15 is 0 Å². The standard InChI is InChI=1S/C16H31N3Si/c1-3-16(2)20(17-10-4-5-11-17,18-12-6-7-13-18)19-14-8-9-15-19/h2-15H2,1H3. The number of hydrogen-bond donors (Lipinski definition) is 0. The van der Waals surface area contributed by atoms with Gasteiger partial charge in [-0.25, -0.2) is 0 Å². The molecule has 3 heterocycles. The molecule has 0 aromatic rings. The van der Waals surface area contributed by atoms with Crippen molar-refractivity contribution in [3.63, 3.8) is 0 Å². The van der Waals surface area contributed by atoms with E-state index < -0.39 is 8.56 Å². The van der Waals surface area contributed by atoms with Crippen molar-refractivity contribution >= 4 is 8.56 Å². The van der Waals surface area contributed by atoms with Gasteiger partial charge in [-0.2, -0.15) is 0 Å². The molecule has 0 unspecified atom stereocenters. The van der Waals surface area contributed by atoms with Crippen molar-refractivity contribution in [1.82, 2.24) is 13.7 Å². The van der Waals surface area contributed by atoms with E-state index in [2.05, 4.69) is 27.2 Å². The lowest BCUT2D eigenvalue weighted by Gasteiger charge is -2.51. The van der Waals surface area contributed by atoms with Crippen LogP contribution in [0, 0.1) is 0 Å². The summed E-state index contributed by atoms with van der Waals surface area (Å²) in [6.07, 6.45) is 9.54. The van der Waals surface area contributed by atoms with E-state index in [-0.39, 0.29) is 0 Å². The lowest BCUT2D eigenvalue weighted by Crippen LogP contribution is -2.74. The van der Waals surface area contributed by atoms with Crippen LogP contribution in [0.25, 0.3) is 0 Å². The van der Waals surface area contributed by atoms with E-state index in [9.17, 15) is 0 Å². The zero-order chi connectivity index (χ0) is 14.0. The highest BCUT2D eigenvalue weighted by Crippen LogP contribution is 2.36. The maximum atomic E-state index is 4.62. The number of hydrogen-bond acceptors (Lipinski definition) is 3. The molecule has 0 saturated carbocycles. The highest BCUT2D eigenvalue weighted by atomic mass is 28.4. The van der Waals surface area contributed by atoms with Crippen molar-refractivity contribution in [2.24, 2.45) is 0 Å². The number of allylic oxidation sites excluding steroid dienone is 1. The van der Waals surface area contributed by atoms with Gasteiger partial charge in [-0.3, -0.25) is 13.7 Å². The Balaban J connectivity index is 1.98. The number of rotatable bonds is 5. The molecule has 0 aromatic heterocycles. The minimum Gasteiger partial charge on any atom is -0.296 e. The van der Waals surface area contributed by atoms with Crippen molar-refractivity contribution in [3.05, 3.63) is 11.8 Å². The summed E-state index contributed by atoms with van der Waals surface area (Å²) in [6, 6.07) is 0. The van der Waals surface area contributed by atoms with Crippen molar-refractivity contribution in [2.45, 2.75) is 51.9 Å². The average molecular weight is 294 g/mol. The van der Waals surface area contributed by atoms with Crippen LogP contribution >= 0.6 is 0 Å². The van der Waals surface area contributed by atoms with Gasteiger partial charge in [0.1, 0.15) is 0 Å². The Kier molecular flexibility index (Phi) is 4.65. The van der Waals surface area contributed by atoms with Crippen LogP contribution in [0.15, 0.2) is 11.8 Å². The maximum absolute atomic E-state index is 4.62. The predicted octanol–water partition coefficient (Wildman–Crippen LogP) is 2.72. The van der Waals surface area contributed by atoms with Crippen LogP contribution in [0.3, 0.4) is 0 Å². The molecule has 3 saturated heterocycles. The van der Waals surface area contributed by atoms with E-state index in [4.69, 9.17) is 0 Å². The fraction of sp³-hybridized carbons (Fsp3) is 0.875. The molecule has 114 valence electrons. The lowest BCUT2D eigenvalue weighted by atomic mass is 10.4. The number of nitrogens with zero attached hydrogens (tertiary/aromatic N) is 3. The van der Waals surface area contributed by atoms with Crippen LogP contribution in [-0.2, 0) is 0 Å². The molecular formula is C16H31N3Si. The molecule has 0 aliphatic carbocycles. The van der Waals surface area contributed by atoms with Gasteiger partial charge >= 0.3 is 8.56 Å². The first-order valence-corrected chi connectivity index (χ1v) is 10.6. The SMILES string of the molecule is C=C(CC)[Si](N1CCCC1)(N1CCCC1)N1CCCC1. The smallest absolute Gasteiger partial charge is 0.296 e. The van der Waals surface area contributed by atoms with Gasteiger partial charge in [-0.05, 0) is 89.4 Å². The van der Waals surface area contributed by atoms with Crippen LogP contribution in [0.4, 0.5) is 0 Å². The summed E-state index contributed by atoms with van der Waals surface area (Å²) in [7, 11) is -1.79. The second-order valence-electron chi connectivity index (χ2n) is 6.67. The quantitative estimate of drug-likeness (QED) is 0.722. The topological polar surface area (TPSA) is 9.72 Å². The van der Waals surface area contributed by atoms with E-state index in [1.165, 1.54) is 77.8 Å². The molecule has 3 rings (SSSR count). The van der Waals surface area contributed by atoms with E-state index in [1.807, 2.05) is 0 Å². The highest BCUT2D eigenvalue weighted by Gasteiger charge is 2.54. The molecule has 0 N–H and O–H groups in total. The van der Waals surface area contributed by atoms with Gasteiger partial charge in [-0.15, -0.1) is 0 Å². The third kappa shape index (κ3) is 2.30. The van der Waals surface area contributed by atoms with E-state index in [1.54, 1.807) is 5.20 Å². The Labute approximate surface area is 125 Å². The van der Waals surface area contributed by atoms with Gasteiger partial charge in [0.15, 0.2) is 0 Å². The molecule has 3 aliphatic heterocycles. The Bertz CT molecular complexity index is 299. The van der Waals surface area contributed by atoms with E-state index in [0.717, 1.165) is 6.42 Å². The molecule has 0 aromatic carbocycles. The molecule has 0 atom stereocenters. The molecule has 0 bridgehead atoms. The summed E-state index contributed by atoms with van der Waals surface area (Å²) in [6.45, 7) is 14.8. The van der Waals surface area contributed by atoms with Gasteiger partial charge in [0.05, 0.1) is 0 Å². The Morgan fingerprint density at radius 2 is 1.05 bits per heavy atom. The second-order valence-corrected chi connectivity index (χ2v) is 10.6. The summed E-state index contributed by atoms with van der Waals surface area (Å²) in [5, 5.41) is 1.57.